The number of hydrogen-bond donors (Lipinski definition) is 1. The Morgan fingerprint density at radius 1 is 1.19 bits per heavy atom. The van der Waals surface area contributed by atoms with Gasteiger partial charge in [0.2, 0.25) is 0 Å². The maximum Gasteiger partial charge on any atom is 0.434 e. The van der Waals surface area contributed by atoms with Crippen LogP contribution in [0.1, 0.15) is 27.4 Å². The molecule has 0 saturated carbocycles. The van der Waals surface area contributed by atoms with Gasteiger partial charge in [-0.1, -0.05) is 17.7 Å². The first-order valence-corrected chi connectivity index (χ1v) is 8.25. The van der Waals surface area contributed by atoms with Crippen LogP contribution in [0.4, 0.5) is 13.2 Å². The average molecular weight is 395 g/mol. The van der Waals surface area contributed by atoms with E-state index in [1.807, 2.05) is 0 Å². The Morgan fingerprint density at radius 2 is 1.89 bits per heavy atom. The van der Waals surface area contributed by atoms with E-state index in [0.29, 0.717) is 15.4 Å². The topological polar surface area (TPSA) is 59.8 Å². The fourth-order valence-corrected chi connectivity index (χ4v) is 2.66. The predicted octanol–water partition coefficient (Wildman–Crippen LogP) is 4.18. The molecule has 9 heteroatoms. The molecule has 0 spiro atoms. The normalized spacial score (nSPS) is 11.4. The van der Waals surface area contributed by atoms with E-state index in [1.54, 1.807) is 25.1 Å². The van der Waals surface area contributed by atoms with Crippen LogP contribution in [-0.2, 0) is 12.7 Å². The Morgan fingerprint density at radius 3 is 2.52 bits per heavy atom. The molecule has 0 unspecified atom stereocenters. The molecule has 3 aromatic rings. The summed E-state index contributed by atoms with van der Waals surface area (Å²) in [5, 5.41) is 6.58. The number of pyridine rings is 1. The first-order valence-electron chi connectivity index (χ1n) is 7.87. The Hall–Kier alpha value is -2.87. The van der Waals surface area contributed by atoms with Gasteiger partial charge in [0.1, 0.15) is 0 Å². The molecule has 5 nitrogen and oxygen atoms in total. The van der Waals surface area contributed by atoms with E-state index in [2.05, 4.69) is 15.4 Å². The van der Waals surface area contributed by atoms with Crippen molar-refractivity contribution in [2.45, 2.75) is 19.6 Å². The summed E-state index contributed by atoms with van der Waals surface area (Å²) in [6.45, 7) is 1.78. The summed E-state index contributed by atoms with van der Waals surface area (Å²) in [5.41, 5.74) is -0.286. The summed E-state index contributed by atoms with van der Waals surface area (Å²) in [6, 6.07) is 10.9. The van der Waals surface area contributed by atoms with Crippen LogP contribution in [0.15, 0.2) is 48.7 Å². The van der Waals surface area contributed by atoms with Crippen LogP contribution in [0.5, 0.6) is 0 Å². The summed E-state index contributed by atoms with van der Waals surface area (Å²) >= 11 is 5.77. The lowest BCUT2D eigenvalue weighted by atomic mass is 10.2. The number of hydrogen-bond acceptors (Lipinski definition) is 3. The molecule has 0 atom stereocenters. The second-order valence-electron chi connectivity index (χ2n) is 5.75. The third-order valence-corrected chi connectivity index (χ3v) is 3.98. The highest BCUT2D eigenvalue weighted by atomic mass is 35.5. The van der Waals surface area contributed by atoms with Gasteiger partial charge in [0.15, 0.2) is 5.69 Å². The smallest absolute Gasteiger partial charge is 0.346 e. The molecule has 0 aliphatic heterocycles. The molecule has 0 bridgehead atoms. The van der Waals surface area contributed by atoms with E-state index in [9.17, 15) is 18.0 Å². The van der Waals surface area contributed by atoms with Gasteiger partial charge < -0.3 is 5.32 Å². The number of carbonyl (C=O) groups excluding carboxylic acids is 1. The highest BCUT2D eigenvalue weighted by Crippen LogP contribution is 2.33. The molecule has 0 fully saturated rings. The molecule has 1 N–H and O–H groups in total. The van der Waals surface area contributed by atoms with Gasteiger partial charge in [-0.2, -0.15) is 18.3 Å². The van der Waals surface area contributed by atoms with Gasteiger partial charge in [-0.15, -0.1) is 0 Å². The van der Waals surface area contributed by atoms with Crippen molar-refractivity contribution in [3.05, 3.63) is 76.3 Å². The average Bonchev–Trinajstić information content (AvgIpc) is 3.06. The fraction of sp³-hybridized carbons (Fsp3) is 0.167. The molecule has 0 aliphatic rings. The van der Waals surface area contributed by atoms with Crippen LogP contribution in [0.2, 0.25) is 5.02 Å². The largest absolute Gasteiger partial charge is 0.434 e. The second kappa shape index (κ2) is 7.40. The lowest BCUT2D eigenvalue weighted by Gasteiger charge is -2.13. The molecule has 27 heavy (non-hydrogen) atoms. The zero-order valence-electron chi connectivity index (χ0n) is 14.1. The molecule has 0 aliphatic carbocycles. The number of benzene rings is 1. The molecular formula is C18H14ClF3N4O. The fourth-order valence-electron chi connectivity index (χ4n) is 2.53. The van der Waals surface area contributed by atoms with Crippen LogP contribution in [0.25, 0.3) is 5.69 Å². The van der Waals surface area contributed by atoms with E-state index in [-0.39, 0.29) is 12.2 Å². The molecule has 0 radical (unpaired) electrons. The van der Waals surface area contributed by atoms with Gasteiger partial charge in [-0.25, -0.2) is 4.68 Å². The van der Waals surface area contributed by atoms with Crippen LogP contribution in [0.3, 0.4) is 0 Å². The number of halogens is 4. The number of carbonyl (C=O) groups is 1. The Labute approximate surface area is 157 Å². The summed E-state index contributed by atoms with van der Waals surface area (Å²) in [4.78, 5) is 16.6. The molecule has 0 saturated heterocycles. The highest BCUT2D eigenvalue weighted by Gasteiger charge is 2.40. The SMILES string of the molecule is Cc1cccc(CNC(=O)c2cnn(-c3ccc(Cl)cc3)c2C(F)(F)F)n1. The quantitative estimate of drug-likeness (QED) is 0.722. The molecule has 140 valence electrons. The number of aryl methyl sites for hydroxylation is 1. The predicted molar refractivity (Wildman–Crippen MR) is 93.7 cm³/mol. The lowest BCUT2D eigenvalue weighted by molar-refractivity contribution is -0.143. The van der Waals surface area contributed by atoms with Crippen LogP contribution in [0, 0.1) is 6.92 Å². The third-order valence-electron chi connectivity index (χ3n) is 3.73. The zero-order valence-corrected chi connectivity index (χ0v) is 14.8. The van der Waals surface area contributed by atoms with E-state index in [0.717, 1.165) is 11.9 Å². The van der Waals surface area contributed by atoms with E-state index >= 15 is 0 Å². The number of nitrogens with one attached hydrogen (secondary N) is 1. The minimum atomic E-state index is -4.77. The van der Waals surface area contributed by atoms with Crippen molar-refractivity contribution in [3.8, 4) is 5.69 Å². The van der Waals surface area contributed by atoms with Crippen molar-refractivity contribution in [2.75, 3.05) is 0 Å². The number of rotatable bonds is 4. The van der Waals surface area contributed by atoms with Crippen molar-refractivity contribution in [1.29, 1.82) is 0 Å². The highest BCUT2D eigenvalue weighted by molar-refractivity contribution is 6.30. The van der Waals surface area contributed by atoms with E-state index in [1.165, 1.54) is 24.3 Å². The van der Waals surface area contributed by atoms with Gasteiger partial charge in [-0.3, -0.25) is 9.78 Å². The van der Waals surface area contributed by atoms with Crippen molar-refractivity contribution in [3.63, 3.8) is 0 Å². The van der Waals surface area contributed by atoms with Gasteiger partial charge in [0, 0.05) is 10.7 Å². The van der Waals surface area contributed by atoms with Crippen molar-refractivity contribution in [1.82, 2.24) is 20.1 Å². The summed E-state index contributed by atoms with van der Waals surface area (Å²) in [6.07, 6.45) is -3.87. The van der Waals surface area contributed by atoms with Gasteiger partial charge >= 0.3 is 6.18 Å². The first-order chi connectivity index (χ1) is 12.8. The van der Waals surface area contributed by atoms with Crippen molar-refractivity contribution < 1.29 is 18.0 Å². The number of amides is 1. The molecule has 3 rings (SSSR count). The maximum absolute atomic E-state index is 13.6. The van der Waals surface area contributed by atoms with Gasteiger partial charge in [-0.05, 0) is 43.3 Å². The number of alkyl halides is 3. The number of aromatic nitrogens is 3. The van der Waals surface area contributed by atoms with Crippen LogP contribution < -0.4 is 5.32 Å². The van der Waals surface area contributed by atoms with Crippen molar-refractivity contribution in [2.24, 2.45) is 0 Å². The monoisotopic (exact) mass is 394 g/mol. The van der Waals surface area contributed by atoms with E-state index < -0.39 is 23.3 Å². The summed E-state index contributed by atoms with van der Waals surface area (Å²) < 4.78 is 41.5. The first kappa shape index (κ1) is 18.9. The Bertz CT molecular complexity index is 967. The second-order valence-corrected chi connectivity index (χ2v) is 6.18. The molecule has 1 amide bonds. The minimum Gasteiger partial charge on any atom is -0.346 e. The van der Waals surface area contributed by atoms with Crippen molar-refractivity contribution >= 4 is 17.5 Å². The van der Waals surface area contributed by atoms with Crippen LogP contribution in [-0.4, -0.2) is 20.7 Å². The van der Waals surface area contributed by atoms with Gasteiger partial charge in [0.05, 0.1) is 29.7 Å². The standard InChI is InChI=1S/C18H14ClF3N4O/c1-11-3-2-4-13(25-11)9-23-17(27)15-10-24-26(16(15)18(20,21)22)14-7-5-12(19)6-8-14/h2-8,10H,9H2,1H3,(H,23,27). The summed E-state index contributed by atoms with van der Waals surface area (Å²) in [7, 11) is 0. The lowest BCUT2D eigenvalue weighted by Crippen LogP contribution is -2.26. The Kier molecular flexibility index (Phi) is 5.18. The zero-order chi connectivity index (χ0) is 19.6. The Balaban J connectivity index is 1.90. The molecule has 2 heterocycles. The van der Waals surface area contributed by atoms with Crippen LogP contribution >= 0.6 is 11.6 Å². The summed E-state index contributed by atoms with van der Waals surface area (Å²) in [5.74, 6) is -0.883. The molecular weight excluding hydrogens is 381 g/mol. The molecule has 2 aromatic heterocycles. The molecule has 1 aromatic carbocycles. The minimum absolute atomic E-state index is 0.00390. The van der Waals surface area contributed by atoms with Gasteiger partial charge in [0.25, 0.3) is 5.91 Å². The van der Waals surface area contributed by atoms with E-state index in [4.69, 9.17) is 11.6 Å². The third kappa shape index (κ3) is 4.28. The maximum atomic E-state index is 13.6. The number of nitrogens with zero attached hydrogens (tertiary/aromatic N) is 3.